The summed E-state index contributed by atoms with van der Waals surface area (Å²) in [4.78, 5) is 20.8. The van der Waals surface area contributed by atoms with E-state index in [0.717, 1.165) is 0 Å². The Hall–Kier alpha value is -0.900. The van der Waals surface area contributed by atoms with Crippen LogP contribution in [0.1, 0.15) is 12.8 Å². The molecule has 4 heteroatoms. The van der Waals surface area contributed by atoms with Gasteiger partial charge in [-0.15, -0.1) is 0 Å². The van der Waals surface area contributed by atoms with Crippen molar-refractivity contribution in [1.29, 1.82) is 0 Å². The van der Waals surface area contributed by atoms with Crippen LogP contribution in [0, 0.1) is 0 Å². The molecular formula is C5H7NO3. The maximum atomic E-state index is 10.4. The average Bonchev–Trinajstić information content (AvgIpc) is 1.80. The molecule has 50 valence electrons. The van der Waals surface area contributed by atoms with Crippen LogP contribution in [-0.2, 0) is 9.59 Å². The van der Waals surface area contributed by atoms with Gasteiger partial charge in [-0.25, -0.2) is 0 Å². The van der Waals surface area contributed by atoms with Gasteiger partial charge < -0.3 is 10.4 Å². The van der Waals surface area contributed by atoms with Gasteiger partial charge in [-0.2, -0.15) is 0 Å². The molecule has 1 fully saturated rings. The third-order valence-electron chi connectivity index (χ3n) is 1.20. The monoisotopic (exact) mass is 129 g/mol. The molecule has 1 heterocycles. The van der Waals surface area contributed by atoms with E-state index in [1.165, 1.54) is 0 Å². The molecule has 1 saturated heterocycles. The van der Waals surface area contributed by atoms with Crippen LogP contribution in [-0.4, -0.2) is 23.0 Å². The van der Waals surface area contributed by atoms with Gasteiger partial charge in [0.15, 0.2) is 0 Å². The molecule has 0 radical (unpaired) electrons. The first-order valence-electron chi connectivity index (χ1n) is 2.72. The third kappa shape index (κ3) is 1.26. The summed E-state index contributed by atoms with van der Waals surface area (Å²) in [5.74, 6) is -1.12. The number of piperidine rings is 1. The average molecular weight is 129 g/mol. The predicted octanol–water partition coefficient (Wildman–Crippen LogP) is -1.22. The maximum absolute atomic E-state index is 10.4. The van der Waals surface area contributed by atoms with E-state index in [1.807, 2.05) is 0 Å². The normalized spacial score (nSPS) is 27.9. The van der Waals surface area contributed by atoms with E-state index in [1.54, 1.807) is 0 Å². The van der Waals surface area contributed by atoms with E-state index >= 15 is 0 Å². The van der Waals surface area contributed by atoms with Crippen molar-refractivity contribution < 1.29 is 14.7 Å². The van der Waals surface area contributed by atoms with Crippen LogP contribution < -0.4 is 5.32 Å². The van der Waals surface area contributed by atoms with Crippen molar-refractivity contribution in [2.24, 2.45) is 0 Å². The summed E-state index contributed by atoms with van der Waals surface area (Å²) < 4.78 is 0. The lowest BCUT2D eigenvalue weighted by molar-refractivity contribution is -0.142. The molecular weight excluding hydrogens is 122 g/mol. The first-order chi connectivity index (χ1) is 4.20. The summed E-state index contributed by atoms with van der Waals surface area (Å²) in [5.41, 5.74) is 0. The number of aliphatic hydroxyl groups excluding tert-OH is 1. The Morgan fingerprint density at radius 3 is 2.67 bits per heavy atom. The Kier molecular flexibility index (Phi) is 1.48. The van der Waals surface area contributed by atoms with E-state index in [9.17, 15) is 9.59 Å². The summed E-state index contributed by atoms with van der Waals surface area (Å²) in [5, 5.41) is 10.8. The Bertz CT molecular complexity index is 154. The van der Waals surface area contributed by atoms with E-state index in [2.05, 4.69) is 5.32 Å². The van der Waals surface area contributed by atoms with Gasteiger partial charge in [0.25, 0.3) is 5.91 Å². The minimum absolute atomic E-state index is 0.160. The second-order valence-electron chi connectivity index (χ2n) is 1.95. The van der Waals surface area contributed by atoms with Gasteiger partial charge in [-0.05, 0) is 6.42 Å². The SMILES string of the molecule is O=C1CCC(O)NC1=O. The Morgan fingerprint density at radius 1 is 1.56 bits per heavy atom. The first-order valence-corrected chi connectivity index (χ1v) is 2.72. The highest BCUT2D eigenvalue weighted by Crippen LogP contribution is 2.01. The lowest BCUT2D eigenvalue weighted by Gasteiger charge is -2.15. The molecule has 1 unspecified atom stereocenters. The lowest BCUT2D eigenvalue weighted by Crippen LogP contribution is -2.44. The quantitative estimate of drug-likeness (QED) is 0.403. The molecule has 0 aromatic heterocycles. The second kappa shape index (κ2) is 2.14. The van der Waals surface area contributed by atoms with Gasteiger partial charge in [0.1, 0.15) is 6.23 Å². The van der Waals surface area contributed by atoms with Gasteiger partial charge in [0.2, 0.25) is 5.78 Å². The number of hydrogen-bond donors (Lipinski definition) is 2. The van der Waals surface area contributed by atoms with Crippen molar-refractivity contribution in [3.05, 3.63) is 0 Å². The van der Waals surface area contributed by atoms with E-state index in [4.69, 9.17) is 5.11 Å². The van der Waals surface area contributed by atoms with Crippen LogP contribution in [0.4, 0.5) is 0 Å². The highest BCUT2D eigenvalue weighted by Gasteiger charge is 2.22. The Labute approximate surface area is 51.9 Å². The van der Waals surface area contributed by atoms with Gasteiger partial charge in [-0.1, -0.05) is 0 Å². The van der Waals surface area contributed by atoms with Crippen molar-refractivity contribution in [2.75, 3.05) is 0 Å². The fraction of sp³-hybridized carbons (Fsp3) is 0.600. The lowest BCUT2D eigenvalue weighted by atomic mass is 10.1. The molecule has 0 aromatic rings. The first kappa shape index (κ1) is 6.22. The van der Waals surface area contributed by atoms with Gasteiger partial charge in [0, 0.05) is 6.42 Å². The maximum Gasteiger partial charge on any atom is 0.289 e. The number of hydrogen-bond acceptors (Lipinski definition) is 3. The van der Waals surface area contributed by atoms with Crippen molar-refractivity contribution in [2.45, 2.75) is 19.1 Å². The van der Waals surface area contributed by atoms with Crippen LogP contribution >= 0.6 is 0 Å². The molecule has 0 saturated carbocycles. The fourth-order valence-corrected chi connectivity index (χ4v) is 0.685. The Balaban J connectivity index is 2.54. The number of aliphatic hydroxyl groups is 1. The zero-order chi connectivity index (χ0) is 6.85. The zero-order valence-electron chi connectivity index (χ0n) is 4.76. The zero-order valence-corrected chi connectivity index (χ0v) is 4.76. The van der Waals surface area contributed by atoms with Crippen molar-refractivity contribution in [3.63, 3.8) is 0 Å². The van der Waals surface area contributed by atoms with Crippen LogP contribution in [0.15, 0.2) is 0 Å². The number of ketones is 1. The molecule has 0 aliphatic carbocycles. The van der Waals surface area contributed by atoms with Crippen molar-refractivity contribution in [1.82, 2.24) is 5.32 Å². The topological polar surface area (TPSA) is 66.4 Å². The third-order valence-corrected chi connectivity index (χ3v) is 1.20. The number of carbonyl (C=O) groups excluding carboxylic acids is 2. The Morgan fingerprint density at radius 2 is 2.22 bits per heavy atom. The number of rotatable bonds is 0. The summed E-state index contributed by atoms with van der Waals surface area (Å²) in [6.45, 7) is 0. The molecule has 4 nitrogen and oxygen atoms in total. The molecule has 9 heavy (non-hydrogen) atoms. The largest absolute Gasteiger partial charge is 0.374 e. The second-order valence-corrected chi connectivity index (χ2v) is 1.95. The summed E-state index contributed by atoms with van der Waals surface area (Å²) >= 11 is 0. The molecule has 1 amide bonds. The molecule has 2 N–H and O–H groups in total. The smallest absolute Gasteiger partial charge is 0.289 e. The van der Waals surface area contributed by atoms with Crippen LogP contribution in [0.3, 0.4) is 0 Å². The standard InChI is InChI=1S/C5H7NO3/c7-3-1-2-4(8)6-5(3)9/h4,8H,1-2H2,(H,6,9). The minimum Gasteiger partial charge on any atom is -0.374 e. The highest BCUT2D eigenvalue weighted by molar-refractivity contribution is 6.36. The van der Waals surface area contributed by atoms with Crippen LogP contribution in [0.25, 0.3) is 0 Å². The number of Topliss-reactive ketones (excluding diaryl/α,β-unsaturated/α-hetero) is 1. The summed E-state index contributed by atoms with van der Waals surface area (Å²) in [6.07, 6.45) is -0.326. The molecule has 1 aliphatic rings. The molecule has 0 spiro atoms. The molecule has 1 atom stereocenters. The van der Waals surface area contributed by atoms with Crippen molar-refractivity contribution >= 4 is 11.7 Å². The van der Waals surface area contributed by atoms with Crippen LogP contribution in [0.5, 0.6) is 0 Å². The fourth-order valence-electron chi connectivity index (χ4n) is 0.685. The van der Waals surface area contributed by atoms with Gasteiger partial charge in [0.05, 0.1) is 0 Å². The molecule has 1 aliphatic heterocycles. The molecule has 1 rings (SSSR count). The number of amides is 1. The van der Waals surface area contributed by atoms with E-state index in [-0.39, 0.29) is 6.42 Å². The van der Waals surface area contributed by atoms with Gasteiger partial charge in [-0.3, -0.25) is 9.59 Å². The molecule has 0 bridgehead atoms. The van der Waals surface area contributed by atoms with Gasteiger partial charge >= 0.3 is 0 Å². The predicted molar refractivity (Wildman–Crippen MR) is 28.4 cm³/mol. The summed E-state index contributed by atoms with van der Waals surface area (Å²) in [7, 11) is 0. The number of nitrogens with one attached hydrogen (secondary N) is 1. The van der Waals surface area contributed by atoms with E-state index in [0.29, 0.717) is 6.42 Å². The minimum atomic E-state index is -0.824. The van der Waals surface area contributed by atoms with Crippen LogP contribution in [0.2, 0.25) is 0 Å². The highest BCUT2D eigenvalue weighted by atomic mass is 16.3. The van der Waals surface area contributed by atoms with Crippen molar-refractivity contribution in [3.8, 4) is 0 Å². The molecule has 0 aromatic carbocycles. The summed E-state index contributed by atoms with van der Waals surface area (Å²) in [6, 6.07) is 0. The number of carbonyl (C=O) groups is 2. The van der Waals surface area contributed by atoms with E-state index < -0.39 is 17.9 Å².